The fourth-order valence-corrected chi connectivity index (χ4v) is 10.4. The summed E-state index contributed by atoms with van der Waals surface area (Å²) in [4.78, 5) is 15.5. The zero-order valence-electron chi connectivity index (χ0n) is 14.1. The molecule has 9 fully saturated rings. The van der Waals surface area contributed by atoms with Crippen molar-refractivity contribution in [2.45, 2.75) is 56.9 Å². The van der Waals surface area contributed by atoms with Crippen molar-refractivity contribution < 1.29 is 15.0 Å². The van der Waals surface area contributed by atoms with Crippen molar-refractivity contribution in [1.29, 1.82) is 0 Å². The van der Waals surface area contributed by atoms with Crippen LogP contribution in [0.25, 0.3) is 0 Å². The second-order valence-electron chi connectivity index (χ2n) is 10.6. The molecule has 128 valence electrons. The molecule has 0 radical (unpaired) electrons. The molecule has 6 saturated carbocycles. The smallest absolute Gasteiger partial charge is 0.134 e. The third-order valence-electron chi connectivity index (χ3n) is 9.96. The molecule has 6 aliphatic carbocycles. The van der Waals surface area contributed by atoms with Gasteiger partial charge in [-0.05, 0) is 35.5 Å². The third kappa shape index (κ3) is 0.945. The van der Waals surface area contributed by atoms with Crippen LogP contribution in [0.5, 0.6) is 0 Å². The quantitative estimate of drug-likeness (QED) is 0.651. The maximum atomic E-state index is 12.8. The summed E-state index contributed by atoms with van der Waals surface area (Å²) in [7, 11) is 0. The van der Waals surface area contributed by atoms with Crippen molar-refractivity contribution in [3.8, 4) is 0 Å². The van der Waals surface area contributed by atoms with E-state index in [4.69, 9.17) is 0 Å². The Labute approximate surface area is 141 Å². The van der Waals surface area contributed by atoms with E-state index in [9.17, 15) is 15.0 Å². The van der Waals surface area contributed by atoms with Gasteiger partial charge in [0.2, 0.25) is 0 Å². The summed E-state index contributed by atoms with van der Waals surface area (Å²) in [5.74, 6) is 1.23. The SMILES string of the molecule is C=C1CC23CC4C5C67CC(=O)C[C@@]5(C)CN4C6C2[C@@H](O)C1[C@@H](O)C37. The van der Waals surface area contributed by atoms with Gasteiger partial charge in [-0.15, -0.1) is 0 Å². The Kier molecular flexibility index (Phi) is 1.86. The molecule has 12 atom stereocenters. The molecule has 9 rings (SSSR count). The molecule has 24 heavy (non-hydrogen) atoms. The van der Waals surface area contributed by atoms with Gasteiger partial charge in [0, 0.05) is 48.7 Å². The number of carbonyl (C=O) groups excluding carboxylic acids is 1. The second kappa shape index (κ2) is 3.30. The number of carbonyl (C=O) groups is 1. The Balaban J connectivity index is 1.55. The number of Topliss-reactive ketones (excluding diaryl/α,β-unsaturated/α-hetero) is 1. The Bertz CT molecular complexity index is 749. The van der Waals surface area contributed by atoms with Crippen molar-refractivity contribution in [3.05, 3.63) is 12.2 Å². The average molecular weight is 327 g/mol. The van der Waals surface area contributed by atoms with Crippen molar-refractivity contribution in [3.63, 3.8) is 0 Å². The van der Waals surface area contributed by atoms with E-state index in [2.05, 4.69) is 18.4 Å². The number of aliphatic hydroxyl groups is 2. The standard InChI is InChI=1S/C20H25NO3/c1-8-3-19-6-10-15-18(2)4-9(22)5-20(15)16(19)14(24)11(8)13(23)12(19)17(20)21(10)7-18/h10-17,23-24H,1,3-7H2,2H3/t10?,11?,12?,13-,14+,15?,16?,17?,18-,19?,20?/m0/s1. The molecule has 2 N–H and O–H groups in total. The van der Waals surface area contributed by atoms with Gasteiger partial charge in [-0.2, -0.15) is 0 Å². The van der Waals surface area contributed by atoms with Crippen LogP contribution in [0.4, 0.5) is 0 Å². The van der Waals surface area contributed by atoms with Crippen LogP contribution in [0.1, 0.15) is 32.6 Å². The summed E-state index contributed by atoms with van der Waals surface area (Å²) in [6.45, 7) is 7.58. The van der Waals surface area contributed by atoms with E-state index in [1.807, 2.05) is 0 Å². The van der Waals surface area contributed by atoms with Gasteiger partial charge in [0.1, 0.15) is 5.78 Å². The summed E-state index contributed by atoms with van der Waals surface area (Å²) < 4.78 is 0. The molecule has 2 spiro atoms. The van der Waals surface area contributed by atoms with Crippen molar-refractivity contribution in [2.75, 3.05) is 6.54 Å². The maximum Gasteiger partial charge on any atom is 0.134 e. The first-order valence-corrected chi connectivity index (χ1v) is 9.66. The molecular formula is C20H25NO3. The van der Waals surface area contributed by atoms with Gasteiger partial charge in [0.25, 0.3) is 0 Å². The summed E-state index contributed by atoms with van der Waals surface area (Å²) in [6, 6.07) is 0.897. The highest BCUT2D eigenvalue weighted by Gasteiger charge is 2.90. The van der Waals surface area contributed by atoms with Crippen LogP contribution in [-0.2, 0) is 4.79 Å². The number of rotatable bonds is 0. The van der Waals surface area contributed by atoms with E-state index in [0.717, 1.165) is 31.4 Å². The molecule has 9 aliphatic rings. The van der Waals surface area contributed by atoms with Crippen LogP contribution < -0.4 is 0 Å². The van der Waals surface area contributed by atoms with E-state index in [0.29, 0.717) is 30.2 Å². The molecule has 9 bridgehead atoms. The Morgan fingerprint density at radius 2 is 1.96 bits per heavy atom. The average Bonchev–Trinajstić information content (AvgIpc) is 2.88. The van der Waals surface area contributed by atoms with Crippen molar-refractivity contribution in [2.24, 2.45) is 39.9 Å². The third-order valence-corrected chi connectivity index (χ3v) is 9.96. The molecule has 0 aromatic heterocycles. The minimum absolute atomic E-state index is 0.00979. The summed E-state index contributed by atoms with van der Waals surface area (Å²) >= 11 is 0. The fourth-order valence-electron chi connectivity index (χ4n) is 10.4. The maximum absolute atomic E-state index is 12.8. The van der Waals surface area contributed by atoms with Crippen LogP contribution >= 0.6 is 0 Å². The zero-order valence-corrected chi connectivity index (χ0v) is 14.1. The molecule has 3 aliphatic heterocycles. The van der Waals surface area contributed by atoms with Crippen LogP contribution in [-0.4, -0.2) is 51.7 Å². The van der Waals surface area contributed by atoms with Crippen LogP contribution in [0.3, 0.4) is 0 Å². The minimum Gasteiger partial charge on any atom is -0.392 e. The predicted octanol–water partition coefficient (Wildman–Crippen LogP) is 0.972. The number of hydrogen-bond donors (Lipinski definition) is 2. The number of nitrogens with zero attached hydrogens (tertiary/aromatic N) is 1. The van der Waals surface area contributed by atoms with Gasteiger partial charge in [-0.1, -0.05) is 19.1 Å². The summed E-state index contributed by atoms with van der Waals surface area (Å²) in [6.07, 6.45) is 2.48. The molecular weight excluding hydrogens is 302 g/mol. The Hall–Kier alpha value is -0.710. The highest BCUT2D eigenvalue weighted by molar-refractivity contribution is 5.82. The molecule has 0 aromatic rings. The predicted molar refractivity (Wildman–Crippen MR) is 85.8 cm³/mol. The lowest BCUT2D eigenvalue weighted by Gasteiger charge is -2.65. The Morgan fingerprint density at radius 3 is 2.75 bits per heavy atom. The fraction of sp³-hybridized carbons (Fsp3) is 0.850. The largest absolute Gasteiger partial charge is 0.392 e. The lowest BCUT2D eigenvalue weighted by Crippen LogP contribution is -2.67. The Morgan fingerprint density at radius 1 is 1.17 bits per heavy atom. The van der Waals surface area contributed by atoms with Crippen molar-refractivity contribution in [1.82, 2.24) is 4.90 Å². The normalized spacial score (nSPS) is 73.0. The van der Waals surface area contributed by atoms with E-state index in [1.54, 1.807) is 0 Å². The molecule has 0 amide bonds. The molecule has 0 aromatic carbocycles. The van der Waals surface area contributed by atoms with Crippen LogP contribution in [0.2, 0.25) is 0 Å². The van der Waals surface area contributed by atoms with E-state index in [1.165, 1.54) is 0 Å². The van der Waals surface area contributed by atoms with Gasteiger partial charge < -0.3 is 10.2 Å². The van der Waals surface area contributed by atoms with Crippen molar-refractivity contribution >= 4 is 5.78 Å². The van der Waals surface area contributed by atoms with E-state index >= 15 is 0 Å². The van der Waals surface area contributed by atoms with E-state index in [-0.39, 0.29) is 34.0 Å². The number of piperidine rings is 2. The molecule has 4 heteroatoms. The van der Waals surface area contributed by atoms with Crippen LogP contribution in [0.15, 0.2) is 12.2 Å². The van der Waals surface area contributed by atoms with Gasteiger partial charge in [0.05, 0.1) is 12.2 Å². The number of hydrogen-bond acceptors (Lipinski definition) is 4. The summed E-state index contributed by atoms with van der Waals surface area (Å²) in [5.41, 5.74) is 1.10. The lowest BCUT2D eigenvalue weighted by atomic mass is 9.40. The van der Waals surface area contributed by atoms with Gasteiger partial charge in [0.15, 0.2) is 0 Å². The molecule has 9 unspecified atom stereocenters. The second-order valence-corrected chi connectivity index (χ2v) is 10.6. The summed E-state index contributed by atoms with van der Waals surface area (Å²) in [5, 5.41) is 22.5. The highest BCUT2D eigenvalue weighted by atomic mass is 16.3. The molecule has 3 heterocycles. The lowest BCUT2D eigenvalue weighted by molar-refractivity contribution is -0.207. The topological polar surface area (TPSA) is 60.8 Å². The number of fused-ring (bicyclic) bond motifs is 1. The molecule has 3 saturated heterocycles. The monoisotopic (exact) mass is 327 g/mol. The number of aliphatic hydroxyl groups excluding tert-OH is 2. The number of ketones is 1. The zero-order chi connectivity index (χ0) is 16.4. The first kappa shape index (κ1) is 13.5. The van der Waals surface area contributed by atoms with Gasteiger partial charge >= 0.3 is 0 Å². The van der Waals surface area contributed by atoms with Gasteiger partial charge in [-0.3, -0.25) is 9.69 Å². The highest BCUT2D eigenvalue weighted by Crippen LogP contribution is 2.86. The van der Waals surface area contributed by atoms with Gasteiger partial charge in [-0.25, -0.2) is 0 Å². The van der Waals surface area contributed by atoms with Crippen LogP contribution in [0, 0.1) is 39.9 Å². The molecule has 4 nitrogen and oxygen atoms in total. The van der Waals surface area contributed by atoms with E-state index < -0.39 is 12.2 Å². The minimum atomic E-state index is -0.501. The first-order chi connectivity index (χ1) is 11.4. The first-order valence-electron chi connectivity index (χ1n) is 9.66.